The SMILES string of the molecule is COc1cccc(N(CCCN2CCCC(Cc3ccccc3)C2)C(N)=O)c1. The third-order valence-corrected chi connectivity index (χ3v) is 5.46. The number of carbonyl (C=O) groups excluding carboxylic acids is 1. The van der Waals surface area contributed by atoms with E-state index in [9.17, 15) is 4.79 Å². The molecule has 1 atom stereocenters. The fourth-order valence-electron chi connectivity index (χ4n) is 4.07. The Labute approximate surface area is 168 Å². The summed E-state index contributed by atoms with van der Waals surface area (Å²) in [4.78, 5) is 16.1. The van der Waals surface area contributed by atoms with Crippen LogP contribution in [0.25, 0.3) is 0 Å². The summed E-state index contributed by atoms with van der Waals surface area (Å²) in [6.45, 7) is 3.87. The van der Waals surface area contributed by atoms with Crippen LogP contribution in [0.3, 0.4) is 0 Å². The lowest BCUT2D eigenvalue weighted by Gasteiger charge is -2.33. The lowest BCUT2D eigenvalue weighted by molar-refractivity contribution is 0.173. The van der Waals surface area contributed by atoms with Gasteiger partial charge in [0, 0.05) is 24.8 Å². The number of benzene rings is 2. The summed E-state index contributed by atoms with van der Waals surface area (Å²) in [6, 6.07) is 17.8. The second-order valence-electron chi connectivity index (χ2n) is 7.54. The number of rotatable bonds is 8. The molecule has 1 fully saturated rings. The molecule has 0 bridgehead atoms. The number of carbonyl (C=O) groups is 1. The molecule has 0 spiro atoms. The van der Waals surface area contributed by atoms with Crippen LogP contribution >= 0.6 is 0 Å². The molecule has 2 aromatic carbocycles. The molecular formula is C23H31N3O2. The molecule has 3 rings (SSSR count). The molecular weight excluding hydrogens is 350 g/mol. The summed E-state index contributed by atoms with van der Waals surface area (Å²) in [7, 11) is 1.62. The van der Waals surface area contributed by atoms with Crippen LogP contribution in [-0.2, 0) is 6.42 Å². The van der Waals surface area contributed by atoms with Gasteiger partial charge in [-0.3, -0.25) is 4.90 Å². The second kappa shape index (κ2) is 10.1. The van der Waals surface area contributed by atoms with Crippen molar-refractivity contribution in [2.24, 2.45) is 11.7 Å². The molecule has 5 nitrogen and oxygen atoms in total. The van der Waals surface area contributed by atoms with E-state index < -0.39 is 6.03 Å². The topological polar surface area (TPSA) is 58.8 Å². The number of nitrogens with two attached hydrogens (primary N) is 1. The number of primary amides is 1. The fraction of sp³-hybridized carbons (Fsp3) is 0.435. The number of likely N-dealkylation sites (tertiary alicyclic amines) is 1. The minimum absolute atomic E-state index is 0.422. The van der Waals surface area contributed by atoms with Crippen molar-refractivity contribution in [3.63, 3.8) is 0 Å². The van der Waals surface area contributed by atoms with Crippen LogP contribution in [0.4, 0.5) is 10.5 Å². The normalized spacial score (nSPS) is 17.2. The molecule has 1 aliphatic rings. The highest BCUT2D eigenvalue weighted by atomic mass is 16.5. The minimum Gasteiger partial charge on any atom is -0.497 e. The highest BCUT2D eigenvalue weighted by Crippen LogP contribution is 2.23. The molecule has 0 aromatic heterocycles. The molecule has 1 saturated heterocycles. The summed E-state index contributed by atoms with van der Waals surface area (Å²) >= 11 is 0. The first-order valence-electron chi connectivity index (χ1n) is 10.1. The summed E-state index contributed by atoms with van der Waals surface area (Å²) < 4.78 is 5.26. The zero-order chi connectivity index (χ0) is 19.8. The van der Waals surface area contributed by atoms with E-state index >= 15 is 0 Å². The number of amides is 2. The van der Waals surface area contributed by atoms with Crippen molar-refractivity contribution in [2.45, 2.75) is 25.7 Å². The highest BCUT2D eigenvalue weighted by molar-refractivity contribution is 5.90. The van der Waals surface area contributed by atoms with Crippen molar-refractivity contribution in [1.29, 1.82) is 0 Å². The van der Waals surface area contributed by atoms with Gasteiger partial charge in [-0.25, -0.2) is 4.79 Å². The second-order valence-corrected chi connectivity index (χ2v) is 7.54. The number of nitrogens with zero attached hydrogens (tertiary/aromatic N) is 2. The van der Waals surface area contributed by atoms with Gasteiger partial charge in [-0.1, -0.05) is 36.4 Å². The fourth-order valence-corrected chi connectivity index (χ4v) is 4.07. The first-order valence-corrected chi connectivity index (χ1v) is 10.1. The number of piperidine rings is 1. The van der Waals surface area contributed by atoms with Gasteiger partial charge in [-0.05, 0) is 62.4 Å². The smallest absolute Gasteiger partial charge is 0.319 e. The van der Waals surface area contributed by atoms with E-state index in [1.165, 1.54) is 18.4 Å². The van der Waals surface area contributed by atoms with Crippen LogP contribution in [0, 0.1) is 5.92 Å². The first kappa shape index (κ1) is 20.2. The molecule has 150 valence electrons. The largest absolute Gasteiger partial charge is 0.497 e. The Hall–Kier alpha value is -2.53. The average Bonchev–Trinajstić information content (AvgIpc) is 2.72. The maximum atomic E-state index is 11.9. The molecule has 0 saturated carbocycles. The van der Waals surface area contributed by atoms with Crippen LogP contribution in [0.2, 0.25) is 0 Å². The van der Waals surface area contributed by atoms with Crippen molar-refractivity contribution in [3.8, 4) is 5.75 Å². The van der Waals surface area contributed by atoms with Crippen molar-refractivity contribution < 1.29 is 9.53 Å². The first-order chi connectivity index (χ1) is 13.7. The standard InChI is InChI=1S/C23H31N3O2/c1-28-22-12-5-11-21(17-22)26(23(24)27)15-7-14-25-13-6-10-20(18-25)16-19-8-3-2-4-9-19/h2-5,8-9,11-12,17,20H,6-7,10,13-16,18H2,1H3,(H2,24,27). The van der Waals surface area contributed by atoms with E-state index in [0.29, 0.717) is 12.5 Å². The minimum atomic E-state index is -0.422. The zero-order valence-electron chi connectivity index (χ0n) is 16.7. The number of anilines is 1. The van der Waals surface area contributed by atoms with Gasteiger partial charge in [0.1, 0.15) is 5.75 Å². The number of hydrogen-bond acceptors (Lipinski definition) is 3. The number of methoxy groups -OCH3 is 1. The third-order valence-electron chi connectivity index (χ3n) is 5.46. The molecule has 2 aromatic rings. The lowest BCUT2D eigenvalue weighted by Crippen LogP contribution is -2.40. The van der Waals surface area contributed by atoms with E-state index in [0.717, 1.165) is 43.9 Å². The summed E-state index contributed by atoms with van der Waals surface area (Å²) in [5, 5.41) is 0. The van der Waals surface area contributed by atoms with E-state index in [-0.39, 0.29) is 0 Å². The maximum absolute atomic E-state index is 11.9. The Balaban J connectivity index is 1.50. The van der Waals surface area contributed by atoms with Crippen LogP contribution in [-0.4, -0.2) is 44.2 Å². The van der Waals surface area contributed by atoms with Crippen LogP contribution in [0.1, 0.15) is 24.8 Å². The van der Waals surface area contributed by atoms with E-state index in [1.54, 1.807) is 12.0 Å². The Morgan fingerprint density at radius 3 is 2.79 bits per heavy atom. The third kappa shape index (κ3) is 5.73. The molecule has 2 N–H and O–H groups in total. The van der Waals surface area contributed by atoms with Crippen molar-refractivity contribution >= 4 is 11.7 Å². The number of urea groups is 1. The van der Waals surface area contributed by atoms with Crippen molar-refractivity contribution in [3.05, 3.63) is 60.2 Å². The Bertz CT molecular complexity index is 751. The molecule has 0 aliphatic carbocycles. The van der Waals surface area contributed by atoms with E-state index in [4.69, 9.17) is 10.5 Å². The summed E-state index contributed by atoms with van der Waals surface area (Å²) in [5.41, 5.74) is 7.83. The summed E-state index contributed by atoms with van der Waals surface area (Å²) in [6.07, 6.45) is 4.59. The van der Waals surface area contributed by atoms with Crippen molar-refractivity contribution in [2.75, 3.05) is 38.2 Å². The molecule has 1 heterocycles. The molecule has 5 heteroatoms. The lowest BCUT2D eigenvalue weighted by atomic mass is 9.91. The van der Waals surface area contributed by atoms with Crippen LogP contribution < -0.4 is 15.4 Å². The van der Waals surface area contributed by atoms with E-state index in [1.807, 2.05) is 24.3 Å². The Morgan fingerprint density at radius 2 is 2.04 bits per heavy atom. The highest BCUT2D eigenvalue weighted by Gasteiger charge is 2.20. The number of hydrogen-bond donors (Lipinski definition) is 1. The van der Waals surface area contributed by atoms with Crippen LogP contribution in [0.5, 0.6) is 5.75 Å². The van der Waals surface area contributed by atoms with Gasteiger partial charge in [0.25, 0.3) is 0 Å². The predicted molar refractivity (Wildman–Crippen MR) is 114 cm³/mol. The van der Waals surface area contributed by atoms with E-state index in [2.05, 4.69) is 35.2 Å². The van der Waals surface area contributed by atoms with Gasteiger partial charge in [-0.15, -0.1) is 0 Å². The van der Waals surface area contributed by atoms with Crippen LogP contribution in [0.15, 0.2) is 54.6 Å². The van der Waals surface area contributed by atoms with Gasteiger partial charge in [-0.2, -0.15) is 0 Å². The molecule has 1 aliphatic heterocycles. The zero-order valence-corrected chi connectivity index (χ0v) is 16.7. The molecule has 2 amide bonds. The average molecular weight is 382 g/mol. The predicted octanol–water partition coefficient (Wildman–Crippen LogP) is 3.93. The van der Waals surface area contributed by atoms with Gasteiger partial charge < -0.3 is 15.4 Å². The van der Waals surface area contributed by atoms with Gasteiger partial charge in [0.15, 0.2) is 0 Å². The monoisotopic (exact) mass is 381 g/mol. The van der Waals surface area contributed by atoms with Crippen molar-refractivity contribution in [1.82, 2.24) is 4.90 Å². The van der Waals surface area contributed by atoms with Gasteiger partial charge >= 0.3 is 6.03 Å². The summed E-state index contributed by atoms with van der Waals surface area (Å²) in [5.74, 6) is 1.44. The molecule has 0 radical (unpaired) electrons. The molecule has 28 heavy (non-hydrogen) atoms. The Morgan fingerprint density at radius 1 is 1.21 bits per heavy atom. The van der Waals surface area contributed by atoms with Gasteiger partial charge in [0.05, 0.1) is 7.11 Å². The quantitative estimate of drug-likeness (QED) is 0.754. The molecule has 1 unspecified atom stereocenters. The maximum Gasteiger partial charge on any atom is 0.319 e. The number of ether oxygens (including phenoxy) is 1. The Kier molecular flexibility index (Phi) is 7.31. The van der Waals surface area contributed by atoms with Gasteiger partial charge in [0.2, 0.25) is 0 Å².